The lowest BCUT2D eigenvalue weighted by Crippen LogP contribution is -2.48. The maximum atomic E-state index is 12.4. The van der Waals surface area contributed by atoms with E-state index in [0.717, 1.165) is 0 Å². The zero-order valence-corrected chi connectivity index (χ0v) is 13.8. The predicted octanol–water partition coefficient (Wildman–Crippen LogP) is 1.37. The zero-order chi connectivity index (χ0) is 18.0. The fraction of sp³-hybridized carbons (Fsp3) is 0.389. The highest BCUT2D eigenvalue weighted by molar-refractivity contribution is 5.96. The topological polar surface area (TPSA) is 105 Å². The van der Waals surface area contributed by atoms with Gasteiger partial charge < -0.3 is 9.84 Å². The Morgan fingerprint density at radius 3 is 2.56 bits per heavy atom. The molecule has 4 atom stereocenters. The molecule has 1 saturated carbocycles. The normalized spacial score (nSPS) is 26.3. The number of aliphatic carboxylic acids is 1. The van der Waals surface area contributed by atoms with Crippen molar-refractivity contribution < 1.29 is 24.2 Å². The van der Waals surface area contributed by atoms with Gasteiger partial charge in [-0.3, -0.25) is 25.2 Å². The second-order valence-electron chi connectivity index (χ2n) is 6.24. The van der Waals surface area contributed by atoms with Crippen LogP contribution in [0.3, 0.4) is 0 Å². The van der Waals surface area contributed by atoms with Gasteiger partial charge in [0.1, 0.15) is 5.75 Å². The molecule has 0 heterocycles. The summed E-state index contributed by atoms with van der Waals surface area (Å²) in [6.45, 7) is 2.33. The molecule has 3 N–H and O–H groups in total. The van der Waals surface area contributed by atoms with Crippen LogP contribution in [0.1, 0.15) is 23.7 Å². The van der Waals surface area contributed by atoms with Crippen LogP contribution in [0.25, 0.3) is 0 Å². The lowest BCUT2D eigenvalue weighted by molar-refractivity contribution is -0.148. The summed E-state index contributed by atoms with van der Waals surface area (Å²) in [5.41, 5.74) is 5.06. The molecule has 0 unspecified atom stereocenters. The summed E-state index contributed by atoms with van der Waals surface area (Å²) < 4.78 is 5.34. The summed E-state index contributed by atoms with van der Waals surface area (Å²) in [5, 5.41) is 9.38. The summed E-state index contributed by atoms with van der Waals surface area (Å²) in [6.07, 6.45) is 4.42. The summed E-state index contributed by atoms with van der Waals surface area (Å²) in [5.74, 6) is -2.99. The Balaban J connectivity index is 1.62. The third kappa shape index (κ3) is 3.35. The van der Waals surface area contributed by atoms with E-state index in [1.54, 1.807) is 24.3 Å². The van der Waals surface area contributed by atoms with Crippen molar-refractivity contribution >= 4 is 17.8 Å². The number of hydrazine groups is 1. The molecule has 25 heavy (non-hydrogen) atoms. The van der Waals surface area contributed by atoms with Crippen molar-refractivity contribution in [2.24, 2.45) is 23.7 Å². The van der Waals surface area contributed by atoms with E-state index in [1.165, 1.54) is 0 Å². The van der Waals surface area contributed by atoms with Crippen molar-refractivity contribution in [1.82, 2.24) is 10.9 Å². The Labute approximate surface area is 145 Å². The van der Waals surface area contributed by atoms with Gasteiger partial charge in [0.2, 0.25) is 5.91 Å². The first-order valence-electron chi connectivity index (χ1n) is 8.25. The second kappa shape index (κ2) is 6.96. The second-order valence-corrected chi connectivity index (χ2v) is 6.24. The number of hydrogen-bond acceptors (Lipinski definition) is 4. The van der Waals surface area contributed by atoms with E-state index in [1.807, 2.05) is 19.1 Å². The van der Waals surface area contributed by atoms with Crippen LogP contribution in [0.5, 0.6) is 5.75 Å². The molecule has 3 rings (SSSR count). The average molecular weight is 344 g/mol. The molecule has 0 saturated heterocycles. The van der Waals surface area contributed by atoms with Crippen LogP contribution in [0.2, 0.25) is 0 Å². The van der Waals surface area contributed by atoms with Gasteiger partial charge in [0.25, 0.3) is 5.91 Å². The zero-order valence-electron chi connectivity index (χ0n) is 13.8. The number of hydrogen-bond donors (Lipinski definition) is 3. The lowest BCUT2D eigenvalue weighted by Gasteiger charge is -2.23. The molecule has 0 aromatic heterocycles. The smallest absolute Gasteiger partial charge is 0.307 e. The molecule has 2 amide bonds. The Hall–Kier alpha value is -2.83. The molecule has 2 aliphatic carbocycles. The van der Waals surface area contributed by atoms with Gasteiger partial charge in [0.15, 0.2) is 0 Å². The largest absolute Gasteiger partial charge is 0.494 e. The minimum atomic E-state index is -0.979. The molecule has 7 nitrogen and oxygen atoms in total. The number of allylic oxidation sites excluding steroid dienone is 2. The molecule has 1 aromatic rings. The Kier molecular flexibility index (Phi) is 4.74. The van der Waals surface area contributed by atoms with Gasteiger partial charge >= 0.3 is 5.97 Å². The Bertz CT molecular complexity index is 730. The van der Waals surface area contributed by atoms with Gasteiger partial charge in [-0.05, 0) is 43.4 Å². The Morgan fingerprint density at radius 2 is 1.88 bits per heavy atom. The van der Waals surface area contributed by atoms with Gasteiger partial charge in [-0.15, -0.1) is 0 Å². The standard InChI is InChI=1S/C18H20N2O5/c1-2-25-13-5-3-4-12(9-13)16(21)19-20-17(22)14-10-6-7-11(8-10)15(14)18(23)24/h3-7,9-11,14-15H,2,8H2,1H3,(H,19,21)(H,20,22)(H,23,24)/t10-,11-,14-,15-/m0/s1. The van der Waals surface area contributed by atoms with Gasteiger partial charge in [-0.1, -0.05) is 18.2 Å². The average Bonchev–Trinajstić information content (AvgIpc) is 3.21. The first kappa shape index (κ1) is 17.0. The van der Waals surface area contributed by atoms with Crippen molar-refractivity contribution in [3.8, 4) is 5.75 Å². The highest BCUT2D eigenvalue weighted by Crippen LogP contribution is 2.48. The number of carboxylic acid groups (broad SMARTS) is 1. The van der Waals surface area contributed by atoms with E-state index in [2.05, 4.69) is 10.9 Å². The molecule has 0 spiro atoms. The van der Waals surface area contributed by atoms with Gasteiger partial charge in [-0.25, -0.2) is 0 Å². The highest BCUT2D eigenvalue weighted by Gasteiger charge is 2.51. The minimum Gasteiger partial charge on any atom is -0.494 e. The van der Waals surface area contributed by atoms with Crippen molar-refractivity contribution in [3.63, 3.8) is 0 Å². The number of carboxylic acids is 1. The number of amides is 2. The van der Waals surface area contributed by atoms with E-state index in [4.69, 9.17) is 4.74 Å². The molecule has 2 bridgehead atoms. The summed E-state index contributed by atoms with van der Waals surface area (Å²) in [4.78, 5) is 36.0. The van der Waals surface area contributed by atoms with Crippen molar-refractivity contribution in [1.29, 1.82) is 0 Å². The van der Waals surface area contributed by atoms with Crippen LogP contribution in [0.15, 0.2) is 36.4 Å². The van der Waals surface area contributed by atoms with E-state index < -0.39 is 29.6 Å². The molecule has 0 aliphatic heterocycles. The van der Waals surface area contributed by atoms with Crippen molar-refractivity contribution in [2.75, 3.05) is 6.61 Å². The highest BCUT2D eigenvalue weighted by atomic mass is 16.5. The van der Waals surface area contributed by atoms with Gasteiger partial charge in [-0.2, -0.15) is 0 Å². The van der Waals surface area contributed by atoms with Crippen molar-refractivity contribution in [2.45, 2.75) is 13.3 Å². The van der Waals surface area contributed by atoms with E-state index >= 15 is 0 Å². The predicted molar refractivity (Wildman–Crippen MR) is 88.6 cm³/mol. The van der Waals surface area contributed by atoms with E-state index in [9.17, 15) is 19.5 Å². The number of nitrogens with one attached hydrogen (secondary N) is 2. The number of fused-ring (bicyclic) bond motifs is 2. The maximum absolute atomic E-state index is 12.4. The molecule has 2 aliphatic rings. The van der Waals surface area contributed by atoms with Crippen LogP contribution >= 0.6 is 0 Å². The first-order valence-corrected chi connectivity index (χ1v) is 8.25. The monoisotopic (exact) mass is 344 g/mol. The quantitative estimate of drug-likeness (QED) is 0.553. The molecule has 0 radical (unpaired) electrons. The van der Waals surface area contributed by atoms with Gasteiger partial charge in [0.05, 0.1) is 18.4 Å². The van der Waals surface area contributed by atoms with Crippen molar-refractivity contribution in [3.05, 3.63) is 42.0 Å². The molecule has 7 heteroatoms. The maximum Gasteiger partial charge on any atom is 0.307 e. The fourth-order valence-corrected chi connectivity index (χ4v) is 3.68. The first-order chi connectivity index (χ1) is 12.0. The lowest BCUT2D eigenvalue weighted by atomic mass is 9.82. The van der Waals surface area contributed by atoms with Crippen LogP contribution in [-0.4, -0.2) is 29.5 Å². The van der Waals surface area contributed by atoms with Crippen LogP contribution in [0, 0.1) is 23.7 Å². The van der Waals surface area contributed by atoms with E-state index in [0.29, 0.717) is 24.3 Å². The number of benzene rings is 1. The molecule has 132 valence electrons. The number of rotatable bonds is 5. The van der Waals surface area contributed by atoms with Crippen LogP contribution in [0.4, 0.5) is 0 Å². The molecule has 1 aromatic carbocycles. The Morgan fingerprint density at radius 1 is 1.16 bits per heavy atom. The number of ether oxygens (including phenoxy) is 1. The molecular weight excluding hydrogens is 324 g/mol. The van der Waals surface area contributed by atoms with Crippen LogP contribution in [-0.2, 0) is 9.59 Å². The number of carbonyl (C=O) groups is 3. The fourth-order valence-electron chi connectivity index (χ4n) is 3.68. The third-order valence-electron chi connectivity index (χ3n) is 4.75. The number of carbonyl (C=O) groups excluding carboxylic acids is 2. The summed E-state index contributed by atoms with van der Waals surface area (Å²) in [7, 11) is 0. The summed E-state index contributed by atoms with van der Waals surface area (Å²) >= 11 is 0. The third-order valence-corrected chi connectivity index (χ3v) is 4.75. The van der Waals surface area contributed by atoms with Crippen LogP contribution < -0.4 is 15.6 Å². The van der Waals surface area contributed by atoms with E-state index in [-0.39, 0.29) is 11.8 Å². The SMILES string of the molecule is CCOc1cccc(C(=O)NNC(=O)[C@@H]2[C@@H](C(=O)O)[C@H]3C=C[C@H]2C3)c1. The summed E-state index contributed by atoms with van der Waals surface area (Å²) in [6, 6.07) is 6.59. The minimum absolute atomic E-state index is 0.0933. The van der Waals surface area contributed by atoms with Gasteiger partial charge in [0, 0.05) is 5.56 Å². The molecular formula is C18H20N2O5. The molecule has 1 fully saturated rings.